The van der Waals surface area contributed by atoms with Crippen LogP contribution in [0, 0.1) is 13.8 Å². The van der Waals surface area contributed by atoms with Crippen LogP contribution in [-0.2, 0) is 0 Å². The van der Waals surface area contributed by atoms with Crippen molar-refractivity contribution in [2.24, 2.45) is 0 Å². The summed E-state index contributed by atoms with van der Waals surface area (Å²) in [7, 11) is 0. The van der Waals surface area contributed by atoms with Crippen LogP contribution in [0.4, 0.5) is 0 Å². The number of fused-ring (bicyclic) bond motifs is 6. The molecule has 0 unspecified atom stereocenters. The van der Waals surface area contributed by atoms with Crippen molar-refractivity contribution in [3.8, 4) is 44.9 Å². The summed E-state index contributed by atoms with van der Waals surface area (Å²) in [5, 5.41) is 5.05. The number of pyridine rings is 2. The van der Waals surface area contributed by atoms with Gasteiger partial charge in [0.15, 0.2) is 0 Å². The van der Waals surface area contributed by atoms with Gasteiger partial charge in [0.25, 0.3) is 0 Å². The zero-order valence-corrected chi connectivity index (χ0v) is 29.0. The average Bonchev–Trinajstić information content (AvgIpc) is 3.71. The van der Waals surface area contributed by atoms with Crippen LogP contribution in [0.1, 0.15) is 11.1 Å². The van der Waals surface area contributed by atoms with Gasteiger partial charge in [0.1, 0.15) is 0 Å². The number of benzene rings is 6. The molecule has 0 saturated heterocycles. The van der Waals surface area contributed by atoms with E-state index in [9.17, 15) is 0 Å². The summed E-state index contributed by atoms with van der Waals surface area (Å²) in [4.78, 5) is 9.56. The fourth-order valence-corrected chi connectivity index (χ4v) is 8.06. The molecule has 0 fully saturated rings. The number of hydrogen-bond acceptors (Lipinski definition) is 2. The third-order valence-corrected chi connectivity index (χ3v) is 10.5. The Balaban J connectivity index is 1.02. The molecule has 4 aromatic heterocycles. The van der Waals surface area contributed by atoms with E-state index in [2.05, 4.69) is 175 Å². The first-order valence-corrected chi connectivity index (χ1v) is 17.7. The van der Waals surface area contributed by atoms with Gasteiger partial charge in [-0.3, -0.25) is 9.97 Å². The van der Waals surface area contributed by atoms with E-state index in [1.807, 2.05) is 18.6 Å². The Hall–Kier alpha value is -6.78. The number of rotatable bonds is 5. The minimum absolute atomic E-state index is 0.897. The quantitative estimate of drug-likeness (QED) is 0.183. The van der Waals surface area contributed by atoms with Gasteiger partial charge >= 0.3 is 0 Å². The van der Waals surface area contributed by atoms with Crippen LogP contribution in [0.3, 0.4) is 0 Å². The van der Waals surface area contributed by atoms with Crippen molar-refractivity contribution in [1.29, 1.82) is 0 Å². The molecule has 0 bridgehead atoms. The van der Waals surface area contributed by atoms with Crippen LogP contribution in [-0.4, -0.2) is 19.1 Å². The van der Waals surface area contributed by atoms with Gasteiger partial charge in [-0.2, -0.15) is 0 Å². The number of aryl methyl sites for hydroxylation is 2. The first-order chi connectivity index (χ1) is 25.6. The average molecular weight is 667 g/mol. The summed E-state index contributed by atoms with van der Waals surface area (Å²) >= 11 is 0. The molecule has 4 heteroatoms. The summed E-state index contributed by atoms with van der Waals surface area (Å²) in [6, 6.07) is 54.6. The maximum atomic E-state index is 4.83. The molecule has 0 atom stereocenters. The van der Waals surface area contributed by atoms with Gasteiger partial charge < -0.3 is 9.13 Å². The fourth-order valence-electron chi connectivity index (χ4n) is 8.06. The van der Waals surface area contributed by atoms with Crippen molar-refractivity contribution in [2.75, 3.05) is 0 Å². The molecule has 10 aromatic rings. The molecule has 0 aliphatic heterocycles. The first kappa shape index (κ1) is 30.1. The van der Waals surface area contributed by atoms with Crippen molar-refractivity contribution in [2.45, 2.75) is 13.8 Å². The normalized spacial score (nSPS) is 11.7. The van der Waals surface area contributed by atoms with Gasteiger partial charge in [-0.25, -0.2) is 0 Å². The lowest BCUT2D eigenvalue weighted by atomic mass is 9.97. The molecule has 52 heavy (non-hydrogen) atoms. The van der Waals surface area contributed by atoms with Gasteiger partial charge in [0.2, 0.25) is 0 Å². The summed E-state index contributed by atoms with van der Waals surface area (Å²) in [6.07, 6.45) is 5.79. The van der Waals surface area contributed by atoms with Crippen LogP contribution < -0.4 is 0 Å². The Morgan fingerprint density at radius 3 is 1.50 bits per heavy atom. The molecule has 10 rings (SSSR count). The van der Waals surface area contributed by atoms with E-state index in [1.165, 1.54) is 60.3 Å². The summed E-state index contributed by atoms with van der Waals surface area (Å²) in [6.45, 7) is 4.37. The van der Waals surface area contributed by atoms with Crippen LogP contribution >= 0.6 is 0 Å². The van der Waals surface area contributed by atoms with E-state index < -0.39 is 0 Å². The van der Waals surface area contributed by atoms with E-state index in [0.29, 0.717) is 0 Å². The first-order valence-electron chi connectivity index (χ1n) is 17.7. The predicted octanol–water partition coefficient (Wildman–Crippen LogP) is 12.3. The van der Waals surface area contributed by atoms with Crippen LogP contribution in [0.2, 0.25) is 0 Å². The van der Waals surface area contributed by atoms with Crippen molar-refractivity contribution in [3.05, 3.63) is 181 Å². The minimum atomic E-state index is 0.897. The van der Waals surface area contributed by atoms with E-state index in [1.54, 1.807) is 0 Å². The fraction of sp³-hybridized carbons (Fsp3) is 0.0417. The summed E-state index contributed by atoms with van der Waals surface area (Å²) < 4.78 is 4.74. The number of hydrogen-bond donors (Lipinski definition) is 0. The molecule has 0 amide bonds. The Kier molecular flexibility index (Phi) is 6.90. The molecular weight excluding hydrogens is 633 g/mol. The molecule has 0 aliphatic rings. The van der Waals surface area contributed by atoms with E-state index in [4.69, 9.17) is 9.97 Å². The Labute approximate surface area is 301 Å². The molecule has 0 aliphatic carbocycles. The van der Waals surface area contributed by atoms with E-state index in [-0.39, 0.29) is 0 Å². The summed E-state index contributed by atoms with van der Waals surface area (Å²) in [5.74, 6) is 0. The second-order valence-corrected chi connectivity index (χ2v) is 13.6. The lowest BCUT2D eigenvalue weighted by molar-refractivity contribution is 1.17. The van der Waals surface area contributed by atoms with Crippen LogP contribution in [0.5, 0.6) is 0 Å². The molecule has 0 N–H and O–H groups in total. The molecule has 4 nitrogen and oxygen atoms in total. The van der Waals surface area contributed by atoms with Crippen molar-refractivity contribution in [1.82, 2.24) is 19.1 Å². The maximum Gasteiger partial charge on any atom is 0.0723 e. The molecule has 4 heterocycles. The lowest BCUT2D eigenvalue weighted by Gasteiger charge is -2.14. The van der Waals surface area contributed by atoms with Crippen molar-refractivity contribution >= 4 is 43.6 Å². The van der Waals surface area contributed by atoms with Gasteiger partial charge in [-0.1, -0.05) is 84.9 Å². The third kappa shape index (κ3) is 4.76. The highest BCUT2D eigenvalue weighted by Gasteiger charge is 2.16. The molecule has 246 valence electrons. The Morgan fingerprint density at radius 1 is 0.404 bits per heavy atom. The molecule has 0 saturated carbocycles. The van der Waals surface area contributed by atoms with Crippen LogP contribution in [0.15, 0.2) is 170 Å². The Morgan fingerprint density at radius 2 is 0.923 bits per heavy atom. The second-order valence-electron chi connectivity index (χ2n) is 13.6. The zero-order chi connectivity index (χ0) is 34.8. The molecule has 6 aromatic carbocycles. The maximum absolute atomic E-state index is 4.83. The van der Waals surface area contributed by atoms with Crippen molar-refractivity contribution < 1.29 is 0 Å². The van der Waals surface area contributed by atoms with Gasteiger partial charge in [-0.15, -0.1) is 0 Å². The SMILES string of the molecule is Cc1cc(-n2c3ccccc3c3ccccc32)ccc1-c1ccnc(-c2cncc(-c3cc(-n4c5ccccc5c5ccccc54)ccc3C)c2)c1. The molecule has 0 radical (unpaired) electrons. The van der Waals surface area contributed by atoms with E-state index in [0.717, 1.165) is 39.3 Å². The minimum Gasteiger partial charge on any atom is -0.309 e. The standard InChI is InChI=1S/C48H34N4/c1-31-19-20-37(52-47-17-9-5-13-41(47)42-14-6-10-18-48(42)52)28-43(31)34-26-35(30-49-29-34)44-27-33(23-24-50-44)38-22-21-36(25-32(38)2)51-45-15-7-3-11-39(45)40-12-4-8-16-46(40)51/h3-30H,1-2H3. The van der Waals surface area contributed by atoms with Crippen LogP contribution in [0.25, 0.3) is 88.5 Å². The second kappa shape index (κ2) is 11.9. The van der Waals surface area contributed by atoms with E-state index >= 15 is 0 Å². The zero-order valence-electron chi connectivity index (χ0n) is 29.0. The molecule has 0 spiro atoms. The molecular formula is C48H34N4. The Bertz CT molecular complexity index is 2890. The topological polar surface area (TPSA) is 35.6 Å². The smallest absolute Gasteiger partial charge is 0.0723 e. The largest absolute Gasteiger partial charge is 0.309 e. The van der Waals surface area contributed by atoms with Gasteiger partial charge in [0.05, 0.1) is 27.8 Å². The van der Waals surface area contributed by atoms with Gasteiger partial charge in [-0.05, 0) is 108 Å². The third-order valence-electron chi connectivity index (χ3n) is 10.5. The highest BCUT2D eigenvalue weighted by atomic mass is 15.0. The number of nitrogens with zero attached hydrogens (tertiary/aromatic N) is 4. The number of para-hydroxylation sites is 4. The lowest BCUT2D eigenvalue weighted by Crippen LogP contribution is -1.96. The highest BCUT2D eigenvalue weighted by Crippen LogP contribution is 2.37. The van der Waals surface area contributed by atoms with Gasteiger partial charge in [0, 0.05) is 62.6 Å². The highest BCUT2D eigenvalue weighted by molar-refractivity contribution is 6.10. The monoisotopic (exact) mass is 666 g/mol. The van der Waals surface area contributed by atoms with Crippen molar-refractivity contribution in [3.63, 3.8) is 0 Å². The number of aromatic nitrogens is 4. The predicted molar refractivity (Wildman–Crippen MR) is 216 cm³/mol. The summed E-state index contributed by atoms with van der Waals surface area (Å²) in [5.41, 5.74) is 15.9.